The number of hydrogen-bond acceptors (Lipinski definition) is 3. The second kappa shape index (κ2) is 8.95. The van der Waals surface area contributed by atoms with Crippen LogP contribution in [0.2, 0.25) is 0 Å². The molecule has 124 valence electrons. The van der Waals surface area contributed by atoms with E-state index in [4.69, 9.17) is 10.5 Å². The molecule has 0 spiro atoms. The van der Waals surface area contributed by atoms with Crippen LogP contribution in [-0.2, 0) is 12.6 Å². The van der Waals surface area contributed by atoms with Gasteiger partial charge in [-0.15, -0.1) is 0 Å². The van der Waals surface area contributed by atoms with E-state index in [1.807, 2.05) is 18.2 Å². The average Bonchev–Trinajstić information content (AvgIpc) is 2.55. The number of halogens is 3. The van der Waals surface area contributed by atoms with Crippen LogP contribution in [0.1, 0.15) is 21.5 Å². The summed E-state index contributed by atoms with van der Waals surface area (Å²) in [5, 5.41) is 0. The van der Waals surface area contributed by atoms with Gasteiger partial charge in [-0.3, -0.25) is 4.79 Å². The first-order valence-corrected chi connectivity index (χ1v) is 6.86. The van der Waals surface area contributed by atoms with Crippen LogP contribution in [0.3, 0.4) is 0 Å². The Bertz CT molecular complexity index is 627. The molecule has 0 heterocycles. The van der Waals surface area contributed by atoms with Gasteiger partial charge in [0.2, 0.25) is 0 Å². The first-order chi connectivity index (χ1) is 10.9. The topological polar surface area (TPSA) is 52.3 Å². The fourth-order valence-corrected chi connectivity index (χ4v) is 1.78. The van der Waals surface area contributed by atoms with Crippen molar-refractivity contribution in [2.75, 3.05) is 13.7 Å². The molecule has 0 bridgehead atoms. The monoisotopic (exact) mass is 325 g/mol. The normalized spacial score (nSPS) is 10.5. The van der Waals surface area contributed by atoms with Gasteiger partial charge in [0, 0.05) is 5.56 Å². The lowest BCUT2D eigenvalue weighted by Crippen LogP contribution is -2.04. The highest BCUT2D eigenvalue weighted by atomic mass is 19.4. The van der Waals surface area contributed by atoms with Gasteiger partial charge in [0.1, 0.15) is 12.0 Å². The Hall–Kier alpha value is -2.34. The van der Waals surface area contributed by atoms with Crippen LogP contribution in [0, 0.1) is 0 Å². The predicted molar refractivity (Wildman–Crippen MR) is 82.6 cm³/mol. The van der Waals surface area contributed by atoms with Crippen LogP contribution in [0.5, 0.6) is 5.75 Å². The number of hydrogen-bond donors (Lipinski definition) is 1. The van der Waals surface area contributed by atoms with Crippen molar-refractivity contribution in [3.05, 3.63) is 65.2 Å². The van der Waals surface area contributed by atoms with Crippen LogP contribution in [0.15, 0.2) is 48.5 Å². The van der Waals surface area contributed by atoms with Gasteiger partial charge in [0.25, 0.3) is 0 Å². The molecule has 6 heteroatoms. The molecule has 0 aliphatic rings. The van der Waals surface area contributed by atoms with E-state index in [1.165, 1.54) is 17.7 Å². The summed E-state index contributed by atoms with van der Waals surface area (Å²) in [4.78, 5) is 10.1. The molecule has 0 unspecified atom stereocenters. The molecule has 3 nitrogen and oxygen atoms in total. The van der Waals surface area contributed by atoms with Gasteiger partial charge in [0.05, 0.1) is 12.7 Å². The highest BCUT2D eigenvalue weighted by Crippen LogP contribution is 2.29. The molecule has 0 aromatic heterocycles. The summed E-state index contributed by atoms with van der Waals surface area (Å²) in [6.07, 6.45) is -3.08. The molecule has 0 saturated carbocycles. The number of nitrogens with two attached hydrogens (primary N) is 1. The lowest BCUT2D eigenvalue weighted by atomic mass is 10.1. The zero-order chi connectivity index (χ0) is 17.3. The summed E-state index contributed by atoms with van der Waals surface area (Å²) in [7, 11) is 1.67. The van der Waals surface area contributed by atoms with E-state index in [-0.39, 0.29) is 5.56 Å². The summed E-state index contributed by atoms with van der Waals surface area (Å²) in [6, 6.07) is 12.2. The Labute approximate surface area is 132 Å². The second-order valence-electron chi connectivity index (χ2n) is 4.63. The molecule has 0 fully saturated rings. The standard InChI is InChI=1S/C9H13NO.C8H5F3O/c1-11-9-4-2-3-8(7-9)5-6-10;9-8(10,11)7-3-1-2-6(4-7)5-12/h2-4,7H,5-6,10H2,1H3;1-5H. The largest absolute Gasteiger partial charge is 0.497 e. The summed E-state index contributed by atoms with van der Waals surface area (Å²) in [6.45, 7) is 0.688. The van der Waals surface area contributed by atoms with E-state index >= 15 is 0 Å². The first kappa shape index (κ1) is 18.7. The Morgan fingerprint density at radius 1 is 1.13 bits per heavy atom. The number of aldehydes is 1. The minimum Gasteiger partial charge on any atom is -0.497 e. The Morgan fingerprint density at radius 3 is 2.39 bits per heavy atom. The lowest BCUT2D eigenvalue weighted by molar-refractivity contribution is -0.137. The summed E-state index contributed by atoms with van der Waals surface area (Å²) < 4.78 is 41.0. The molecule has 0 amide bonds. The zero-order valence-corrected chi connectivity index (χ0v) is 12.6. The highest BCUT2D eigenvalue weighted by molar-refractivity contribution is 5.74. The smallest absolute Gasteiger partial charge is 0.416 e. The molecule has 0 aliphatic carbocycles. The van der Waals surface area contributed by atoms with E-state index < -0.39 is 11.7 Å². The summed E-state index contributed by atoms with van der Waals surface area (Å²) in [5.74, 6) is 0.899. The maximum absolute atomic E-state index is 12.0. The molecule has 0 radical (unpaired) electrons. The van der Waals surface area contributed by atoms with Crippen LogP contribution >= 0.6 is 0 Å². The number of carbonyl (C=O) groups excluding carboxylic acids is 1. The van der Waals surface area contributed by atoms with Gasteiger partial charge in [-0.05, 0) is 42.8 Å². The summed E-state index contributed by atoms with van der Waals surface area (Å²) >= 11 is 0. The SMILES string of the molecule is COc1cccc(CCN)c1.O=Cc1cccc(C(F)(F)F)c1. The van der Waals surface area contributed by atoms with Gasteiger partial charge < -0.3 is 10.5 Å². The molecule has 23 heavy (non-hydrogen) atoms. The van der Waals surface area contributed by atoms with Gasteiger partial charge in [-0.25, -0.2) is 0 Å². The number of carbonyl (C=O) groups is 1. The molecule has 0 aliphatic heterocycles. The molecule has 0 atom stereocenters. The van der Waals surface area contributed by atoms with E-state index in [2.05, 4.69) is 6.07 Å². The molecule has 2 aromatic rings. The number of ether oxygens (including phenoxy) is 1. The summed E-state index contributed by atoms with van der Waals surface area (Å²) in [5.41, 5.74) is 5.87. The van der Waals surface area contributed by atoms with E-state index in [0.29, 0.717) is 12.8 Å². The van der Waals surface area contributed by atoms with Crippen molar-refractivity contribution in [1.29, 1.82) is 0 Å². The molecule has 0 saturated heterocycles. The van der Waals surface area contributed by atoms with Crippen molar-refractivity contribution in [2.45, 2.75) is 12.6 Å². The van der Waals surface area contributed by atoms with Gasteiger partial charge in [-0.2, -0.15) is 13.2 Å². The maximum atomic E-state index is 12.0. The van der Waals surface area contributed by atoms with E-state index in [1.54, 1.807) is 7.11 Å². The minimum absolute atomic E-state index is 0.0322. The number of rotatable bonds is 4. The van der Waals surface area contributed by atoms with Crippen molar-refractivity contribution >= 4 is 6.29 Å². The van der Waals surface area contributed by atoms with Gasteiger partial charge in [-0.1, -0.05) is 24.3 Å². The molecule has 2 rings (SSSR count). The molecule has 2 N–H and O–H groups in total. The lowest BCUT2D eigenvalue weighted by Gasteiger charge is -2.05. The van der Waals surface area contributed by atoms with E-state index in [9.17, 15) is 18.0 Å². The van der Waals surface area contributed by atoms with Crippen molar-refractivity contribution < 1.29 is 22.7 Å². The van der Waals surface area contributed by atoms with Crippen molar-refractivity contribution in [1.82, 2.24) is 0 Å². The average molecular weight is 325 g/mol. The molecular formula is C17H18F3NO2. The van der Waals surface area contributed by atoms with Gasteiger partial charge >= 0.3 is 6.18 Å². The fourth-order valence-electron chi connectivity index (χ4n) is 1.78. The minimum atomic E-state index is -4.38. The maximum Gasteiger partial charge on any atom is 0.416 e. The molecular weight excluding hydrogens is 307 g/mol. The van der Waals surface area contributed by atoms with Crippen LogP contribution < -0.4 is 10.5 Å². The third-order valence-corrected chi connectivity index (χ3v) is 2.92. The number of benzene rings is 2. The third-order valence-electron chi connectivity index (χ3n) is 2.92. The van der Waals surface area contributed by atoms with E-state index in [0.717, 1.165) is 24.3 Å². The quantitative estimate of drug-likeness (QED) is 0.872. The van der Waals surface area contributed by atoms with Crippen molar-refractivity contribution in [2.24, 2.45) is 5.73 Å². The van der Waals surface area contributed by atoms with Crippen molar-refractivity contribution in [3.63, 3.8) is 0 Å². The Balaban J connectivity index is 0.000000231. The van der Waals surface area contributed by atoms with Crippen molar-refractivity contribution in [3.8, 4) is 5.75 Å². The van der Waals surface area contributed by atoms with Gasteiger partial charge in [0.15, 0.2) is 0 Å². The van der Waals surface area contributed by atoms with Crippen LogP contribution in [0.25, 0.3) is 0 Å². The first-order valence-electron chi connectivity index (χ1n) is 6.86. The number of alkyl halides is 3. The third kappa shape index (κ3) is 6.52. The molecule has 2 aromatic carbocycles. The highest BCUT2D eigenvalue weighted by Gasteiger charge is 2.30. The Morgan fingerprint density at radius 2 is 1.83 bits per heavy atom. The Kier molecular flexibility index (Phi) is 7.28. The van der Waals surface area contributed by atoms with Crippen LogP contribution in [0.4, 0.5) is 13.2 Å². The zero-order valence-electron chi connectivity index (χ0n) is 12.6. The number of methoxy groups -OCH3 is 1. The second-order valence-corrected chi connectivity index (χ2v) is 4.63. The van der Waals surface area contributed by atoms with Crippen LogP contribution in [-0.4, -0.2) is 19.9 Å². The fraction of sp³-hybridized carbons (Fsp3) is 0.235. The predicted octanol–water partition coefficient (Wildman–Crippen LogP) is 3.71.